The van der Waals surface area contributed by atoms with E-state index < -0.39 is 12.0 Å². The minimum absolute atomic E-state index is 0.333. The molecule has 5 nitrogen and oxygen atoms in total. The summed E-state index contributed by atoms with van der Waals surface area (Å²) in [5.41, 5.74) is 3.45. The van der Waals surface area contributed by atoms with Gasteiger partial charge in [0.15, 0.2) is 5.11 Å². The monoisotopic (exact) mass is 532 g/mol. The summed E-state index contributed by atoms with van der Waals surface area (Å²) < 4.78 is 11.0. The standard InChI is InChI=1S/C25H19Cl3N2O3S/c1-32-24(31)21-22(15-3-7-17(26)8-4-15)29-25(34)30-23(21)16-5-9-18(10-6-16)33-13-14-2-11-19(27)20(28)12-14/h2-12,23H,13H2,1H3,(H2,29,30,34)/t23-/m0/s1. The Balaban J connectivity index is 1.61. The van der Waals surface area contributed by atoms with Gasteiger partial charge in [-0.05, 0) is 65.3 Å². The van der Waals surface area contributed by atoms with Crippen molar-refractivity contribution in [1.29, 1.82) is 0 Å². The second-order valence-corrected chi connectivity index (χ2v) is 9.08. The molecule has 0 fully saturated rings. The molecule has 0 saturated heterocycles. The maximum atomic E-state index is 12.8. The molecule has 3 aromatic rings. The first-order valence-corrected chi connectivity index (χ1v) is 11.7. The molecule has 0 unspecified atom stereocenters. The van der Waals surface area contributed by atoms with Crippen molar-refractivity contribution < 1.29 is 14.3 Å². The van der Waals surface area contributed by atoms with Gasteiger partial charge in [0.05, 0.1) is 34.5 Å². The fourth-order valence-corrected chi connectivity index (χ4v) is 4.21. The third-order valence-electron chi connectivity index (χ3n) is 5.21. The van der Waals surface area contributed by atoms with Crippen LogP contribution >= 0.6 is 47.0 Å². The third kappa shape index (κ3) is 5.47. The minimum Gasteiger partial charge on any atom is -0.489 e. The normalized spacial score (nSPS) is 15.4. The average Bonchev–Trinajstić information content (AvgIpc) is 2.84. The number of hydrogen-bond acceptors (Lipinski definition) is 4. The highest BCUT2D eigenvalue weighted by molar-refractivity contribution is 7.80. The molecule has 0 amide bonds. The fraction of sp³-hybridized carbons (Fsp3) is 0.120. The second kappa shape index (κ2) is 10.7. The number of hydrogen-bond donors (Lipinski definition) is 2. The Hall–Kier alpha value is -2.77. The first kappa shape index (κ1) is 24.4. The van der Waals surface area contributed by atoms with Gasteiger partial charge in [-0.3, -0.25) is 0 Å². The number of rotatable bonds is 6. The quantitative estimate of drug-likeness (QED) is 0.285. The highest BCUT2D eigenvalue weighted by atomic mass is 35.5. The molecule has 34 heavy (non-hydrogen) atoms. The molecule has 9 heteroatoms. The highest BCUT2D eigenvalue weighted by Gasteiger charge is 2.32. The van der Waals surface area contributed by atoms with Crippen LogP contribution in [0, 0.1) is 0 Å². The number of carbonyl (C=O) groups is 1. The molecule has 0 spiro atoms. The summed E-state index contributed by atoms with van der Waals surface area (Å²) >= 11 is 23.5. The van der Waals surface area contributed by atoms with Crippen LogP contribution in [0.25, 0.3) is 5.70 Å². The summed E-state index contributed by atoms with van der Waals surface area (Å²) in [5, 5.41) is 8.21. The molecule has 0 aliphatic carbocycles. The predicted molar refractivity (Wildman–Crippen MR) is 139 cm³/mol. The van der Waals surface area contributed by atoms with E-state index in [2.05, 4.69) is 10.6 Å². The molecule has 1 atom stereocenters. The van der Waals surface area contributed by atoms with E-state index in [0.29, 0.717) is 43.8 Å². The largest absolute Gasteiger partial charge is 0.489 e. The summed E-state index contributed by atoms with van der Waals surface area (Å²) in [7, 11) is 1.35. The number of ether oxygens (including phenoxy) is 2. The molecule has 174 valence electrons. The van der Waals surface area contributed by atoms with Crippen LogP contribution in [0.5, 0.6) is 5.75 Å². The Morgan fingerprint density at radius 3 is 2.32 bits per heavy atom. The van der Waals surface area contributed by atoms with E-state index in [1.54, 1.807) is 24.3 Å². The Bertz CT molecular complexity index is 1260. The third-order valence-corrected chi connectivity index (χ3v) is 6.42. The van der Waals surface area contributed by atoms with Gasteiger partial charge in [0.1, 0.15) is 12.4 Å². The van der Waals surface area contributed by atoms with Crippen LogP contribution in [-0.2, 0) is 16.1 Å². The van der Waals surface area contributed by atoms with E-state index in [9.17, 15) is 4.79 Å². The van der Waals surface area contributed by atoms with Crippen LogP contribution in [0.4, 0.5) is 0 Å². The molecule has 2 N–H and O–H groups in total. The number of thiocarbonyl (C=S) groups is 1. The predicted octanol–water partition coefficient (Wildman–Crippen LogP) is 6.33. The van der Waals surface area contributed by atoms with Crippen molar-refractivity contribution in [2.75, 3.05) is 7.11 Å². The maximum Gasteiger partial charge on any atom is 0.338 e. The van der Waals surface area contributed by atoms with Gasteiger partial charge in [-0.25, -0.2) is 4.79 Å². The van der Waals surface area contributed by atoms with Gasteiger partial charge in [0, 0.05) is 5.02 Å². The van der Waals surface area contributed by atoms with Crippen LogP contribution < -0.4 is 15.4 Å². The molecule has 0 bridgehead atoms. The number of methoxy groups -OCH3 is 1. The van der Waals surface area contributed by atoms with Gasteiger partial charge < -0.3 is 20.1 Å². The van der Waals surface area contributed by atoms with E-state index >= 15 is 0 Å². The lowest BCUT2D eigenvalue weighted by atomic mass is 9.93. The van der Waals surface area contributed by atoms with Crippen molar-refractivity contribution in [3.63, 3.8) is 0 Å². The van der Waals surface area contributed by atoms with Crippen LogP contribution in [0.3, 0.4) is 0 Å². The Labute approximate surface area is 217 Å². The van der Waals surface area contributed by atoms with Gasteiger partial charge in [-0.1, -0.05) is 65.1 Å². The van der Waals surface area contributed by atoms with Gasteiger partial charge in [-0.15, -0.1) is 0 Å². The number of halogens is 3. The Morgan fingerprint density at radius 1 is 0.971 bits per heavy atom. The van der Waals surface area contributed by atoms with Crippen molar-refractivity contribution in [1.82, 2.24) is 10.6 Å². The molecule has 3 aromatic carbocycles. The number of carbonyl (C=O) groups excluding carboxylic acids is 1. The number of nitrogens with one attached hydrogen (secondary N) is 2. The van der Waals surface area contributed by atoms with Gasteiger partial charge in [-0.2, -0.15) is 0 Å². The first-order chi connectivity index (χ1) is 16.4. The number of benzene rings is 3. The van der Waals surface area contributed by atoms with E-state index in [-0.39, 0.29) is 0 Å². The van der Waals surface area contributed by atoms with Crippen molar-refractivity contribution in [3.8, 4) is 5.75 Å². The van der Waals surface area contributed by atoms with E-state index in [4.69, 9.17) is 56.5 Å². The Kier molecular flexibility index (Phi) is 7.63. The topological polar surface area (TPSA) is 59.6 Å². The van der Waals surface area contributed by atoms with Gasteiger partial charge in [0.2, 0.25) is 0 Å². The highest BCUT2D eigenvalue weighted by Crippen LogP contribution is 2.33. The molecular weight excluding hydrogens is 515 g/mol. The van der Waals surface area contributed by atoms with E-state index in [1.807, 2.05) is 42.5 Å². The number of esters is 1. The lowest BCUT2D eigenvalue weighted by Crippen LogP contribution is -2.45. The summed E-state index contributed by atoms with van der Waals surface area (Å²) in [6.07, 6.45) is 0. The molecule has 4 rings (SSSR count). The van der Waals surface area contributed by atoms with Crippen LogP contribution in [0.2, 0.25) is 15.1 Å². The lowest BCUT2D eigenvalue weighted by molar-refractivity contribution is -0.136. The van der Waals surface area contributed by atoms with Gasteiger partial charge in [0.25, 0.3) is 0 Å². The maximum absolute atomic E-state index is 12.8. The zero-order valence-electron chi connectivity index (χ0n) is 17.9. The summed E-state index contributed by atoms with van der Waals surface area (Å²) in [4.78, 5) is 12.8. The molecular formula is C25H19Cl3N2O3S. The first-order valence-electron chi connectivity index (χ1n) is 10.2. The smallest absolute Gasteiger partial charge is 0.338 e. The van der Waals surface area contributed by atoms with Crippen molar-refractivity contribution in [3.05, 3.63) is 104 Å². The van der Waals surface area contributed by atoms with Crippen LogP contribution in [0.1, 0.15) is 22.7 Å². The minimum atomic E-state index is -0.518. The summed E-state index contributed by atoms with van der Waals surface area (Å²) in [6.45, 7) is 0.333. The van der Waals surface area contributed by atoms with E-state index in [1.165, 1.54) is 7.11 Å². The van der Waals surface area contributed by atoms with Crippen LogP contribution in [-0.4, -0.2) is 18.2 Å². The summed E-state index contributed by atoms with van der Waals surface area (Å²) in [5.74, 6) is 0.185. The van der Waals surface area contributed by atoms with E-state index in [0.717, 1.165) is 16.7 Å². The Morgan fingerprint density at radius 2 is 1.68 bits per heavy atom. The summed E-state index contributed by atoms with van der Waals surface area (Å²) in [6, 6.07) is 19.4. The average molecular weight is 534 g/mol. The molecule has 0 saturated carbocycles. The SMILES string of the molecule is COC(=O)C1=C(c2ccc(Cl)cc2)NC(=S)N[C@H]1c1ccc(OCc2ccc(Cl)c(Cl)c2)cc1. The van der Waals surface area contributed by atoms with Crippen LogP contribution in [0.15, 0.2) is 72.3 Å². The molecule has 1 aliphatic rings. The lowest BCUT2D eigenvalue weighted by Gasteiger charge is -2.31. The van der Waals surface area contributed by atoms with Crippen molar-refractivity contribution in [2.24, 2.45) is 0 Å². The molecule has 1 aliphatic heterocycles. The van der Waals surface area contributed by atoms with Crippen molar-refractivity contribution >= 4 is 63.8 Å². The second-order valence-electron chi connectivity index (χ2n) is 7.42. The molecule has 1 heterocycles. The molecule has 0 aromatic heterocycles. The fourth-order valence-electron chi connectivity index (χ4n) is 3.54. The van der Waals surface area contributed by atoms with Gasteiger partial charge >= 0.3 is 5.97 Å². The van der Waals surface area contributed by atoms with Crippen molar-refractivity contribution in [2.45, 2.75) is 12.6 Å². The zero-order chi connectivity index (χ0) is 24.2. The zero-order valence-corrected chi connectivity index (χ0v) is 21.0. The molecule has 0 radical (unpaired) electrons.